The van der Waals surface area contributed by atoms with Gasteiger partial charge in [0.2, 0.25) is 0 Å². The zero-order valence-corrected chi connectivity index (χ0v) is 27.2. The highest BCUT2D eigenvalue weighted by molar-refractivity contribution is 5.93. The van der Waals surface area contributed by atoms with Crippen LogP contribution in [0, 0.1) is 12.7 Å². The first-order valence-corrected chi connectivity index (χ1v) is 16.3. The Kier molecular flexibility index (Phi) is 6.58. The van der Waals surface area contributed by atoms with Crippen LogP contribution in [0.15, 0.2) is 115 Å². The summed E-state index contributed by atoms with van der Waals surface area (Å²) in [4.78, 5) is 4.91. The van der Waals surface area contributed by atoms with E-state index in [0.717, 1.165) is 17.5 Å². The summed E-state index contributed by atoms with van der Waals surface area (Å²) in [7, 11) is 2.17. The van der Waals surface area contributed by atoms with Gasteiger partial charge < -0.3 is 9.80 Å². The molecule has 0 bridgehead atoms. The molecule has 228 valence electrons. The van der Waals surface area contributed by atoms with Gasteiger partial charge in [-0.15, -0.1) is 0 Å². The average Bonchev–Trinajstić information content (AvgIpc) is 3.37. The molecular formula is C43H39FN2. The third kappa shape index (κ3) is 4.44. The third-order valence-corrected chi connectivity index (χ3v) is 10.2. The van der Waals surface area contributed by atoms with E-state index in [1.807, 2.05) is 12.1 Å². The first-order valence-electron chi connectivity index (χ1n) is 16.3. The zero-order valence-electron chi connectivity index (χ0n) is 27.2. The van der Waals surface area contributed by atoms with Gasteiger partial charge in [0.25, 0.3) is 0 Å². The molecule has 3 heterocycles. The van der Waals surface area contributed by atoms with Crippen molar-refractivity contribution in [2.24, 2.45) is 0 Å². The van der Waals surface area contributed by atoms with E-state index in [0.29, 0.717) is 5.39 Å². The number of halogens is 1. The van der Waals surface area contributed by atoms with Gasteiger partial charge in [-0.2, -0.15) is 0 Å². The molecule has 46 heavy (non-hydrogen) atoms. The van der Waals surface area contributed by atoms with Crippen molar-refractivity contribution in [3.8, 4) is 11.1 Å². The lowest BCUT2D eigenvalue weighted by Gasteiger charge is -2.39. The summed E-state index contributed by atoms with van der Waals surface area (Å²) < 4.78 is 14.9. The molecule has 0 saturated heterocycles. The summed E-state index contributed by atoms with van der Waals surface area (Å²) in [5.41, 5.74) is 14.0. The molecule has 3 aliphatic heterocycles. The summed E-state index contributed by atoms with van der Waals surface area (Å²) in [6.07, 6.45) is 11.1. The van der Waals surface area contributed by atoms with Crippen molar-refractivity contribution >= 4 is 22.5 Å². The zero-order chi connectivity index (χ0) is 31.7. The second-order valence-corrected chi connectivity index (χ2v) is 14.0. The summed E-state index contributed by atoms with van der Waals surface area (Å²) in [5, 5.41) is 1.63. The maximum atomic E-state index is 14.9. The minimum atomic E-state index is -0.176. The van der Waals surface area contributed by atoms with E-state index in [1.54, 1.807) is 6.07 Å². The molecular weight excluding hydrogens is 563 g/mol. The molecule has 0 amide bonds. The van der Waals surface area contributed by atoms with Gasteiger partial charge in [0, 0.05) is 36.4 Å². The molecule has 0 N–H and O–H groups in total. The number of hydrogen-bond donors (Lipinski definition) is 0. The quantitative estimate of drug-likeness (QED) is 0.203. The van der Waals surface area contributed by atoms with Crippen molar-refractivity contribution in [2.75, 3.05) is 13.6 Å². The van der Waals surface area contributed by atoms with E-state index in [2.05, 4.69) is 148 Å². The highest BCUT2D eigenvalue weighted by Crippen LogP contribution is 2.51. The molecule has 5 aromatic rings. The largest absolute Gasteiger partial charge is 0.369 e. The molecule has 2 atom stereocenters. The maximum Gasteiger partial charge on any atom is 0.131 e. The number of rotatable bonds is 3. The summed E-state index contributed by atoms with van der Waals surface area (Å²) in [6, 6.07) is 32.2. The van der Waals surface area contributed by atoms with Gasteiger partial charge in [-0.1, -0.05) is 112 Å². The Bertz CT molecular complexity index is 2110. The fourth-order valence-electron chi connectivity index (χ4n) is 7.85. The summed E-state index contributed by atoms with van der Waals surface area (Å²) >= 11 is 0. The predicted octanol–water partition coefficient (Wildman–Crippen LogP) is 10.6. The van der Waals surface area contributed by atoms with Crippen LogP contribution in [-0.4, -0.2) is 23.4 Å². The van der Waals surface area contributed by atoms with Crippen molar-refractivity contribution in [1.82, 2.24) is 9.80 Å². The molecule has 0 fully saturated rings. The van der Waals surface area contributed by atoms with Crippen molar-refractivity contribution in [1.29, 1.82) is 0 Å². The molecule has 8 rings (SSSR count). The van der Waals surface area contributed by atoms with E-state index >= 15 is 0 Å². The normalized spacial score (nSPS) is 18.4. The van der Waals surface area contributed by atoms with Crippen LogP contribution in [-0.2, 0) is 5.41 Å². The molecule has 0 spiro atoms. The highest BCUT2D eigenvalue weighted by atomic mass is 19.1. The monoisotopic (exact) mass is 602 g/mol. The minimum Gasteiger partial charge on any atom is -0.369 e. The lowest BCUT2D eigenvalue weighted by Crippen LogP contribution is -2.30. The SMILES string of the molecule is Cc1cc(C(C)(C)C)cc(C2c3ccc4c(F)cccc4c3C=CN2C)c1C1c2ccc(-c3ccccc3)cc2C2=CC=CCN21. The van der Waals surface area contributed by atoms with Crippen LogP contribution in [0.3, 0.4) is 0 Å². The van der Waals surface area contributed by atoms with Gasteiger partial charge in [-0.3, -0.25) is 0 Å². The minimum absolute atomic E-state index is 0.0203. The lowest BCUT2D eigenvalue weighted by molar-refractivity contribution is 0.357. The third-order valence-electron chi connectivity index (χ3n) is 10.2. The number of allylic oxidation sites excluding steroid dienone is 2. The van der Waals surface area contributed by atoms with E-state index in [4.69, 9.17) is 0 Å². The van der Waals surface area contributed by atoms with Crippen molar-refractivity contribution in [2.45, 2.75) is 45.2 Å². The van der Waals surface area contributed by atoms with Crippen molar-refractivity contribution in [3.05, 3.63) is 166 Å². The molecule has 0 saturated carbocycles. The van der Waals surface area contributed by atoms with E-state index in [9.17, 15) is 4.39 Å². The van der Waals surface area contributed by atoms with Gasteiger partial charge in [-0.05, 0) is 92.1 Å². The van der Waals surface area contributed by atoms with E-state index < -0.39 is 0 Å². The highest BCUT2D eigenvalue weighted by Gasteiger charge is 2.40. The second-order valence-electron chi connectivity index (χ2n) is 14.0. The predicted molar refractivity (Wildman–Crippen MR) is 190 cm³/mol. The average molecular weight is 603 g/mol. The maximum absolute atomic E-state index is 14.9. The first-order chi connectivity index (χ1) is 22.2. The molecule has 3 heteroatoms. The Labute approximate surface area is 271 Å². The Balaban J connectivity index is 1.38. The van der Waals surface area contributed by atoms with Gasteiger partial charge >= 0.3 is 0 Å². The smallest absolute Gasteiger partial charge is 0.131 e. The fourth-order valence-corrected chi connectivity index (χ4v) is 7.85. The van der Waals surface area contributed by atoms with Crippen LogP contribution in [0.5, 0.6) is 0 Å². The number of fused-ring (bicyclic) bond motifs is 6. The molecule has 0 radical (unpaired) electrons. The van der Waals surface area contributed by atoms with Crippen LogP contribution >= 0.6 is 0 Å². The number of aryl methyl sites for hydroxylation is 1. The topological polar surface area (TPSA) is 6.48 Å². The Morgan fingerprint density at radius 2 is 1.57 bits per heavy atom. The second kappa shape index (κ2) is 10.6. The summed E-state index contributed by atoms with van der Waals surface area (Å²) in [6.45, 7) is 10.0. The van der Waals surface area contributed by atoms with Crippen LogP contribution in [0.1, 0.15) is 77.4 Å². The first kappa shape index (κ1) is 28.6. The van der Waals surface area contributed by atoms with E-state index in [1.165, 1.54) is 55.8 Å². The van der Waals surface area contributed by atoms with E-state index in [-0.39, 0.29) is 23.3 Å². The lowest BCUT2D eigenvalue weighted by atomic mass is 9.77. The van der Waals surface area contributed by atoms with Gasteiger partial charge in [0.05, 0.1) is 12.1 Å². The van der Waals surface area contributed by atoms with Crippen LogP contribution in [0.4, 0.5) is 4.39 Å². The molecule has 0 aliphatic carbocycles. The van der Waals surface area contributed by atoms with Gasteiger partial charge in [0.1, 0.15) is 5.82 Å². The standard InChI is InChI=1S/C43H39FN2/c1-27-24-30(43(2,3)4)26-37(41-34-20-19-33-31(14-11-15-38(33)44)32(34)21-23-45(41)5)40(27)42-35-18-17-29(28-12-7-6-8-13-28)25-36(35)39-16-9-10-22-46(39)42/h6-21,23-26,41-42H,22H2,1-5H3. The van der Waals surface area contributed by atoms with Crippen LogP contribution in [0.25, 0.3) is 33.7 Å². The number of benzene rings is 5. The molecule has 0 aromatic heterocycles. The van der Waals surface area contributed by atoms with Crippen molar-refractivity contribution < 1.29 is 4.39 Å². The number of hydrogen-bond acceptors (Lipinski definition) is 2. The molecule has 2 nitrogen and oxygen atoms in total. The Hall–Kier alpha value is -4.89. The van der Waals surface area contributed by atoms with Crippen LogP contribution < -0.4 is 0 Å². The number of nitrogens with zero attached hydrogens (tertiary/aromatic N) is 2. The van der Waals surface area contributed by atoms with Gasteiger partial charge in [-0.25, -0.2) is 4.39 Å². The van der Waals surface area contributed by atoms with Gasteiger partial charge in [0.15, 0.2) is 0 Å². The molecule has 3 aliphatic rings. The summed E-state index contributed by atoms with van der Waals surface area (Å²) in [5.74, 6) is -0.176. The fraction of sp³-hybridized carbons (Fsp3) is 0.209. The Morgan fingerprint density at radius 1 is 0.761 bits per heavy atom. The molecule has 2 unspecified atom stereocenters. The van der Waals surface area contributed by atoms with Crippen LogP contribution in [0.2, 0.25) is 0 Å². The molecule has 5 aromatic carbocycles. The van der Waals surface area contributed by atoms with Crippen molar-refractivity contribution in [3.63, 3.8) is 0 Å². The Morgan fingerprint density at radius 3 is 2.37 bits per heavy atom.